The third kappa shape index (κ3) is 6.10. The van der Waals surface area contributed by atoms with E-state index in [1.54, 1.807) is 12.4 Å². The number of anilines is 2. The van der Waals surface area contributed by atoms with Crippen LogP contribution in [0, 0.1) is 0 Å². The molecule has 0 aliphatic carbocycles. The minimum atomic E-state index is -1.06. The highest BCUT2D eigenvalue weighted by Crippen LogP contribution is 2.16. The Kier molecular flexibility index (Phi) is 7.31. The number of nitrogens with zero attached hydrogens (tertiary/aromatic N) is 2. The number of benzene rings is 2. The van der Waals surface area contributed by atoms with E-state index in [2.05, 4.69) is 24.9 Å². The number of para-hydroxylation sites is 1. The molecule has 150 valence electrons. The van der Waals surface area contributed by atoms with E-state index in [-0.39, 0.29) is 11.1 Å². The Morgan fingerprint density at radius 3 is 2.34 bits per heavy atom. The Hall–Kier alpha value is -4.34. The standard InChI is InChI=1S/C9H8O4.C7H7N3.C3H5N3/c1-13-9(12)7-4-2-3-6(5-7)8(10)11;8-6-3-1-2-5-4-9-10-7(5)6;4-3-1-5-2-6-3/h2-5H,1H3,(H,10,11);1-4H,8H2,(H,9,10);1-2H,4H2,(H,5,6). The number of esters is 1. The molecule has 4 aromatic rings. The van der Waals surface area contributed by atoms with Crippen LogP contribution in [0.5, 0.6) is 0 Å². The van der Waals surface area contributed by atoms with Gasteiger partial charge in [0, 0.05) is 5.39 Å². The second-order valence-corrected chi connectivity index (χ2v) is 5.57. The molecule has 0 bridgehead atoms. The summed E-state index contributed by atoms with van der Waals surface area (Å²) in [5.74, 6) is -0.996. The first-order valence-electron chi connectivity index (χ1n) is 8.25. The fourth-order valence-corrected chi connectivity index (χ4v) is 2.16. The van der Waals surface area contributed by atoms with Crippen molar-refractivity contribution in [1.29, 1.82) is 0 Å². The van der Waals surface area contributed by atoms with Crippen molar-refractivity contribution in [2.45, 2.75) is 0 Å². The van der Waals surface area contributed by atoms with Gasteiger partial charge in [-0.1, -0.05) is 18.2 Å². The van der Waals surface area contributed by atoms with Gasteiger partial charge in [0.25, 0.3) is 0 Å². The zero-order chi connectivity index (χ0) is 21.2. The van der Waals surface area contributed by atoms with Crippen LogP contribution in [0.15, 0.2) is 61.2 Å². The summed E-state index contributed by atoms with van der Waals surface area (Å²) in [5, 5.41) is 16.3. The van der Waals surface area contributed by atoms with Gasteiger partial charge in [0.1, 0.15) is 5.82 Å². The average molecular weight is 396 g/mol. The highest BCUT2D eigenvalue weighted by molar-refractivity contribution is 5.94. The number of imidazole rings is 1. The number of carbonyl (C=O) groups is 2. The first-order valence-corrected chi connectivity index (χ1v) is 8.25. The molecule has 0 aliphatic rings. The summed E-state index contributed by atoms with van der Waals surface area (Å²) < 4.78 is 4.44. The molecule has 7 N–H and O–H groups in total. The van der Waals surface area contributed by atoms with Gasteiger partial charge < -0.3 is 26.3 Å². The maximum atomic E-state index is 11.0. The highest BCUT2D eigenvalue weighted by Gasteiger charge is 2.08. The molecule has 0 radical (unpaired) electrons. The van der Waals surface area contributed by atoms with E-state index in [1.807, 2.05) is 18.2 Å². The Morgan fingerprint density at radius 2 is 1.79 bits per heavy atom. The smallest absolute Gasteiger partial charge is 0.337 e. The van der Waals surface area contributed by atoms with Crippen LogP contribution in [-0.4, -0.2) is 44.3 Å². The molecule has 0 saturated carbocycles. The predicted octanol–water partition coefficient (Wildman–Crippen LogP) is 2.31. The van der Waals surface area contributed by atoms with Gasteiger partial charge in [-0.2, -0.15) is 5.10 Å². The maximum Gasteiger partial charge on any atom is 0.337 e. The van der Waals surface area contributed by atoms with Crippen molar-refractivity contribution in [2.24, 2.45) is 0 Å². The fourth-order valence-electron chi connectivity index (χ4n) is 2.16. The first-order chi connectivity index (χ1) is 13.9. The van der Waals surface area contributed by atoms with Crippen LogP contribution in [0.3, 0.4) is 0 Å². The number of nitrogens with two attached hydrogens (primary N) is 2. The lowest BCUT2D eigenvalue weighted by Crippen LogP contribution is -2.03. The van der Waals surface area contributed by atoms with E-state index in [0.29, 0.717) is 5.82 Å². The molecule has 10 nitrogen and oxygen atoms in total. The van der Waals surface area contributed by atoms with E-state index in [0.717, 1.165) is 16.6 Å². The van der Waals surface area contributed by atoms with Crippen LogP contribution < -0.4 is 11.5 Å². The zero-order valence-electron chi connectivity index (χ0n) is 15.5. The van der Waals surface area contributed by atoms with Crippen molar-refractivity contribution in [3.63, 3.8) is 0 Å². The van der Waals surface area contributed by atoms with Crippen LogP contribution in [0.4, 0.5) is 11.5 Å². The quantitative estimate of drug-likeness (QED) is 0.253. The number of carboxylic acids is 1. The number of rotatable bonds is 2. The first kappa shape index (κ1) is 21.0. The maximum absolute atomic E-state index is 11.0. The summed E-state index contributed by atoms with van der Waals surface area (Å²) in [5.41, 5.74) is 12.8. The molecule has 29 heavy (non-hydrogen) atoms. The van der Waals surface area contributed by atoms with Crippen molar-refractivity contribution in [1.82, 2.24) is 20.2 Å². The summed E-state index contributed by atoms with van der Waals surface area (Å²) in [6, 6.07) is 11.4. The molecule has 10 heteroatoms. The summed E-state index contributed by atoms with van der Waals surface area (Å²) in [6.45, 7) is 0. The monoisotopic (exact) mass is 396 g/mol. The van der Waals surface area contributed by atoms with Gasteiger partial charge in [-0.3, -0.25) is 5.10 Å². The molecule has 0 amide bonds. The average Bonchev–Trinajstić information content (AvgIpc) is 3.40. The van der Waals surface area contributed by atoms with E-state index in [9.17, 15) is 9.59 Å². The molecule has 2 heterocycles. The summed E-state index contributed by atoms with van der Waals surface area (Å²) >= 11 is 0. The van der Waals surface area contributed by atoms with Crippen molar-refractivity contribution in [2.75, 3.05) is 18.6 Å². The Labute approximate surface area is 165 Å². The molecule has 0 atom stereocenters. The number of carboxylic acid groups (broad SMARTS) is 1. The van der Waals surface area contributed by atoms with Gasteiger partial charge in [-0.15, -0.1) is 0 Å². The van der Waals surface area contributed by atoms with Crippen molar-refractivity contribution < 1.29 is 19.4 Å². The van der Waals surface area contributed by atoms with E-state index in [1.165, 1.54) is 37.7 Å². The lowest BCUT2D eigenvalue weighted by molar-refractivity contribution is 0.0600. The SMILES string of the molecule is COC(=O)c1cccc(C(=O)O)c1.Nc1cccc2cn[nH]c12.Nc1cnc[nH]1. The second-order valence-electron chi connectivity index (χ2n) is 5.57. The molecule has 2 aromatic carbocycles. The number of fused-ring (bicyclic) bond motifs is 1. The number of aromatic carboxylic acids is 1. The largest absolute Gasteiger partial charge is 0.478 e. The van der Waals surface area contributed by atoms with Crippen LogP contribution in [-0.2, 0) is 4.74 Å². The summed E-state index contributed by atoms with van der Waals surface area (Å²) in [6.07, 6.45) is 4.85. The number of aromatic amines is 2. The minimum Gasteiger partial charge on any atom is -0.478 e. The third-order valence-corrected chi connectivity index (χ3v) is 3.56. The molecule has 0 saturated heterocycles. The van der Waals surface area contributed by atoms with Crippen molar-refractivity contribution in [3.8, 4) is 0 Å². The van der Waals surface area contributed by atoms with Crippen LogP contribution in [0.2, 0.25) is 0 Å². The number of aromatic nitrogens is 4. The van der Waals surface area contributed by atoms with Crippen LogP contribution >= 0.6 is 0 Å². The summed E-state index contributed by atoms with van der Waals surface area (Å²) in [7, 11) is 1.25. The highest BCUT2D eigenvalue weighted by atomic mass is 16.5. The topological polar surface area (TPSA) is 173 Å². The summed E-state index contributed by atoms with van der Waals surface area (Å²) in [4.78, 5) is 27.8. The molecule has 0 fully saturated rings. The number of nitrogens with one attached hydrogen (secondary N) is 2. The molecular formula is C19H20N6O4. The molecular weight excluding hydrogens is 376 g/mol. The fraction of sp³-hybridized carbons (Fsp3) is 0.0526. The number of carbonyl (C=O) groups excluding carboxylic acids is 1. The van der Waals surface area contributed by atoms with Gasteiger partial charge >= 0.3 is 11.9 Å². The predicted molar refractivity (Wildman–Crippen MR) is 108 cm³/mol. The number of H-pyrrole nitrogens is 2. The molecule has 0 aliphatic heterocycles. The Balaban J connectivity index is 0.000000165. The van der Waals surface area contributed by atoms with Gasteiger partial charge in [0.2, 0.25) is 0 Å². The number of ether oxygens (including phenoxy) is 1. The lowest BCUT2D eigenvalue weighted by atomic mass is 10.1. The minimum absolute atomic E-state index is 0.0721. The normalized spacial score (nSPS) is 9.55. The van der Waals surface area contributed by atoms with Crippen molar-refractivity contribution in [3.05, 3.63) is 72.3 Å². The van der Waals surface area contributed by atoms with Gasteiger partial charge in [0.15, 0.2) is 0 Å². The lowest BCUT2D eigenvalue weighted by Gasteiger charge is -1.99. The molecule has 2 aromatic heterocycles. The van der Waals surface area contributed by atoms with E-state index in [4.69, 9.17) is 16.6 Å². The number of hydrogen-bond donors (Lipinski definition) is 5. The molecule has 0 unspecified atom stereocenters. The van der Waals surface area contributed by atoms with Gasteiger partial charge in [-0.05, 0) is 24.3 Å². The number of hydrogen-bond acceptors (Lipinski definition) is 7. The Bertz CT molecular complexity index is 1080. The van der Waals surface area contributed by atoms with Crippen molar-refractivity contribution >= 4 is 34.3 Å². The molecule has 0 spiro atoms. The van der Waals surface area contributed by atoms with Gasteiger partial charge in [-0.25, -0.2) is 14.6 Å². The third-order valence-electron chi connectivity index (χ3n) is 3.56. The van der Waals surface area contributed by atoms with Crippen LogP contribution in [0.25, 0.3) is 10.9 Å². The van der Waals surface area contributed by atoms with Gasteiger partial charge in [0.05, 0.1) is 48.2 Å². The van der Waals surface area contributed by atoms with E-state index < -0.39 is 11.9 Å². The number of methoxy groups -OCH3 is 1. The van der Waals surface area contributed by atoms with Crippen LogP contribution in [0.1, 0.15) is 20.7 Å². The second kappa shape index (κ2) is 10.1. The Morgan fingerprint density at radius 1 is 1.07 bits per heavy atom. The van der Waals surface area contributed by atoms with E-state index >= 15 is 0 Å². The molecule has 4 rings (SSSR count). The number of nitrogen functional groups attached to an aromatic ring is 2. The zero-order valence-corrected chi connectivity index (χ0v) is 15.5.